The molecule has 0 amide bonds. The number of aromatic amines is 1. The van der Waals surface area contributed by atoms with Crippen molar-refractivity contribution >= 4 is 5.82 Å². The number of nitrogens with zero attached hydrogens (tertiary/aromatic N) is 1. The molecular formula is C10H16N4O. The SMILES string of the molecule is O=c1cc(NC2CCCNCC2)nc[nH]1. The lowest BCUT2D eigenvalue weighted by molar-refractivity contribution is 0.634. The molecule has 3 N–H and O–H groups in total. The fourth-order valence-electron chi connectivity index (χ4n) is 1.82. The van der Waals surface area contributed by atoms with Crippen LogP contribution in [0, 0.1) is 0 Å². The molecule has 1 unspecified atom stereocenters. The van der Waals surface area contributed by atoms with Gasteiger partial charge in [0.25, 0.3) is 5.56 Å². The summed E-state index contributed by atoms with van der Waals surface area (Å²) in [5, 5.41) is 6.64. The van der Waals surface area contributed by atoms with Gasteiger partial charge in [-0.1, -0.05) is 0 Å². The largest absolute Gasteiger partial charge is 0.367 e. The molecule has 0 aliphatic carbocycles. The third kappa shape index (κ3) is 3.06. The highest BCUT2D eigenvalue weighted by atomic mass is 16.1. The van der Waals surface area contributed by atoms with Crippen LogP contribution in [0.25, 0.3) is 0 Å². The lowest BCUT2D eigenvalue weighted by Crippen LogP contribution is -2.23. The average Bonchev–Trinajstić information content (AvgIpc) is 2.46. The third-order valence-electron chi connectivity index (χ3n) is 2.61. The fraction of sp³-hybridized carbons (Fsp3) is 0.600. The summed E-state index contributed by atoms with van der Waals surface area (Å²) in [5.74, 6) is 0.672. The topological polar surface area (TPSA) is 69.8 Å². The summed E-state index contributed by atoms with van der Waals surface area (Å²) in [7, 11) is 0. The van der Waals surface area contributed by atoms with Gasteiger partial charge in [-0.25, -0.2) is 4.98 Å². The molecule has 1 saturated heterocycles. The van der Waals surface area contributed by atoms with Crippen molar-refractivity contribution in [2.24, 2.45) is 0 Å². The monoisotopic (exact) mass is 208 g/mol. The molecule has 15 heavy (non-hydrogen) atoms. The maximum absolute atomic E-state index is 11.1. The van der Waals surface area contributed by atoms with Gasteiger partial charge in [0, 0.05) is 12.1 Å². The van der Waals surface area contributed by atoms with Crippen LogP contribution in [0.5, 0.6) is 0 Å². The Morgan fingerprint density at radius 3 is 3.20 bits per heavy atom. The van der Waals surface area contributed by atoms with Crippen molar-refractivity contribution in [1.29, 1.82) is 0 Å². The lowest BCUT2D eigenvalue weighted by Gasteiger charge is -2.15. The van der Waals surface area contributed by atoms with Gasteiger partial charge in [0.2, 0.25) is 0 Å². The Kier molecular flexibility index (Phi) is 3.34. The zero-order chi connectivity index (χ0) is 10.5. The summed E-state index contributed by atoms with van der Waals surface area (Å²) in [6, 6.07) is 1.92. The lowest BCUT2D eigenvalue weighted by atomic mass is 10.1. The minimum Gasteiger partial charge on any atom is -0.367 e. The van der Waals surface area contributed by atoms with E-state index in [2.05, 4.69) is 20.6 Å². The molecule has 2 heterocycles. The molecular weight excluding hydrogens is 192 g/mol. The fourth-order valence-corrected chi connectivity index (χ4v) is 1.82. The zero-order valence-electron chi connectivity index (χ0n) is 8.62. The first kappa shape index (κ1) is 10.2. The number of hydrogen-bond acceptors (Lipinski definition) is 4. The standard InChI is InChI=1S/C10H16N4O/c15-10-6-9(12-7-13-10)14-8-2-1-4-11-5-3-8/h6-8,11H,1-5H2,(H2,12,13,14,15). The molecule has 1 aromatic rings. The summed E-state index contributed by atoms with van der Waals surface area (Å²) in [6.07, 6.45) is 4.80. The Morgan fingerprint density at radius 2 is 2.33 bits per heavy atom. The summed E-state index contributed by atoms with van der Waals surface area (Å²) in [5.41, 5.74) is -0.112. The Hall–Kier alpha value is -1.36. The van der Waals surface area contributed by atoms with Crippen LogP contribution in [-0.2, 0) is 0 Å². The van der Waals surface area contributed by atoms with Crippen molar-refractivity contribution in [2.45, 2.75) is 25.3 Å². The van der Waals surface area contributed by atoms with Crippen molar-refractivity contribution in [1.82, 2.24) is 15.3 Å². The second-order valence-electron chi connectivity index (χ2n) is 3.82. The highest BCUT2D eigenvalue weighted by molar-refractivity contribution is 5.32. The van der Waals surface area contributed by atoms with Gasteiger partial charge in [0.15, 0.2) is 0 Å². The average molecular weight is 208 g/mol. The molecule has 2 rings (SSSR count). The van der Waals surface area contributed by atoms with E-state index in [0.717, 1.165) is 25.9 Å². The Bertz CT molecular complexity index is 354. The molecule has 0 radical (unpaired) electrons. The van der Waals surface area contributed by atoms with Gasteiger partial charge < -0.3 is 15.6 Å². The van der Waals surface area contributed by atoms with Gasteiger partial charge in [-0.3, -0.25) is 4.79 Å². The molecule has 5 heteroatoms. The van der Waals surface area contributed by atoms with Crippen LogP contribution in [0.3, 0.4) is 0 Å². The number of rotatable bonds is 2. The van der Waals surface area contributed by atoms with E-state index < -0.39 is 0 Å². The zero-order valence-corrected chi connectivity index (χ0v) is 8.62. The maximum atomic E-state index is 11.1. The molecule has 1 aliphatic rings. The van der Waals surface area contributed by atoms with E-state index in [9.17, 15) is 4.79 Å². The molecule has 1 aliphatic heterocycles. The van der Waals surface area contributed by atoms with Crippen LogP contribution in [0.4, 0.5) is 5.82 Å². The second kappa shape index (κ2) is 4.93. The van der Waals surface area contributed by atoms with Crippen LogP contribution in [0.2, 0.25) is 0 Å². The van der Waals surface area contributed by atoms with Crippen molar-refractivity contribution in [3.05, 3.63) is 22.7 Å². The van der Waals surface area contributed by atoms with Crippen LogP contribution in [0.1, 0.15) is 19.3 Å². The van der Waals surface area contributed by atoms with Crippen molar-refractivity contribution in [2.75, 3.05) is 18.4 Å². The number of anilines is 1. The van der Waals surface area contributed by atoms with Gasteiger partial charge in [-0.2, -0.15) is 0 Å². The first-order valence-electron chi connectivity index (χ1n) is 5.36. The first-order chi connectivity index (χ1) is 7.34. The second-order valence-corrected chi connectivity index (χ2v) is 3.82. The number of hydrogen-bond donors (Lipinski definition) is 3. The first-order valence-corrected chi connectivity index (χ1v) is 5.36. The van der Waals surface area contributed by atoms with Gasteiger partial charge >= 0.3 is 0 Å². The predicted molar refractivity (Wildman–Crippen MR) is 59.0 cm³/mol. The molecule has 82 valence electrons. The minimum absolute atomic E-state index is 0.112. The third-order valence-corrected chi connectivity index (χ3v) is 2.61. The molecule has 1 aromatic heterocycles. The highest BCUT2D eigenvalue weighted by Crippen LogP contribution is 2.10. The van der Waals surface area contributed by atoms with Crippen LogP contribution >= 0.6 is 0 Å². The van der Waals surface area contributed by atoms with Gasteiger partial charge in [-0.15, -0.1) is 0 Å². The van der Waals surface area contributed by atoms with E-state index in [-0.39, 0.29) is 5.56 Å². The van der Waals surface area contributed by atoms with E-state index in [1.54, 1.807) is 0 Å². The quantitative estimate of drug-likeness (QED) is 0.655. The maximum Gasteiger partial charge on any atom is 0.252 e. The predicted octanol–water partition coefficient (Wildman–Crippen LogP) is 0.324. The Morgan fingerprint density at radius 1 is 1.40 bits per heavy atom. The number of nitrogens with one attached hydrogen (secondary N) is 3. The summed E-state index contributed by atoms with van der Waals surface area (Å²) in [4.78, 5) is 17.6. The Balaban J connectivity index is 1.98. The van der Waals surface area contributed by atoms with Gasteiger partial charge in [0.05, 0.1) is 6.33 Å². The summed E-state index contributed by atoms with van der Waals surface area (Å²) >= 11 is 0. The molecule has 0 aromatic carbocycles. The van der Waals surface area contributed by atoms with Gasteiger partial charge in [-0.05, 0) is 32.4 Å². The summed E-state index contributed by atoms with van der Waals surface area (Å²) < 4.78 is 0. The van der Waals surface area contributed by atoms with E-state index in [1.165, 1.54) is 18.8 Å². The normalized spacial score (nSPS) is 22.0. The van der Waals surface area contributed by atoms with E-state index in [1.807, 2.05) is 0 Å². The Labute approximate surface area is 88.3 Å². The molecule has 0 spiro atoms. The van der Waals surface area contributed by atoms with E-state index >= 15 is 0 Å². The highest BCUT2D eigenvalue weighted by Gasteiger charge is 2.11. The molecule has 0 bridgehead atoms. The van der Waals surface area contributed by atoms with Crippen LogP contribution in [-0.4, -0.2) is 29.1 Å². The molecule has 1 atom stereocenters. The number of aromatic nitrogens is 2. The van der Waals surface area contributed by atoms with Crippen LogP contribution in [0.15, 0.2) is 17.2 Å². The molecule has 1 fully saturated rings. The van der Waals surface area contributed by atoms with Crippen molar-refractivity contribution in [3.63, 3.8) is 0 Å². The van der Waals surface area contributed by atoms with Gasteiger partial charge in [0.1, 0.15) is 5.82 Å². The molecule has 5 nitrogen and oxygen atoms in total. The summed E-state index contributed by atoms with van der Waals surface area (Å²) in [6.45, 7) is 2.11. The van der Waals surface area contributed by atoms with E-state index in [4.69, 9.17) is 0 Å². The van der Waals surface area contributed by atoms with Crippen molar-refractivity contribution in [3.8, 4) is 0 Å². The molecule has 0 saturated carbocycles. The smallest absolute Gasteiger partial charge is 0.252 e. The minimum atomic E-state index is -0.112. The van der Waals surface area contributed by atoms with E-state index in [0.29, 0.717) is 11.9 Å². The van der Waals surface area contributed by atoms with Crippen LogP contribution < -0.4 is 16.2 Å². The number of H-pyrrole nitrogens is 1. The van der Waals surface area contributed by atoms with Crippen molar-refractivity contribution < 1.29 is 0 Å².